The minimum atomic E-state index is 1.02. The Hall–Kier alpha value is -1.03. The fourth-order valence-corrected chi connectivity index (χ4v) is 1.97. The normalized spacial score (nSPS) is 17.8. The van der Waals surface area contributed by atoms with Crippen LogP contribution in [0.5, 0.6) is 0 Å². The summed E-state index contributed by atoms with van der Waals surface area (Å²) in [5, 5.41) is 7.78. The molecule has 0 aliphatic carbocycles. The van der Waals surface area contributed by atoms with Crippen molar-refractivity contribution in [1.29, 1.82) is 0 Å². The quantitative estimate of drug-likeness (QED) is 0.807. The molecule has 1 aliphatic rings. The van der Waals surface area contributed by atoms with E-state index in [0.717, 1.165) is 39.1 Å². The molecule has 0 saturated carbocycles. The predicted octanol–water partition coefficient (Wildman–Crippen LogP) is 1.09. The summed E-state index contributed by atoms with van der Waals surface area (Å²) in [4.78, 5) is 2.42. The number of rotatable bonds is 3. The smallest absolute Gasteiger partial charge is 0.0752 e. The molecule has 1 aromatic heterocycles. The second-order valence-electron chi connectivity index (χ2n) is 4.05. The van der Waals surface area contributed by atoms with Gasteiger partial charge >= 0.3 is 0 Å². The number of nitrogens with one attached hydrogen (secondary N) is 1. The first-order chi connectivity index (χ1) is 7.40. The molecule has 4 nitrogen and oxygen atoms in total. The summed E-state index contributed by atoms with van der Waals surface area (Å²) in [6, 6.07) is 0. The van der Waals surface area contributed by atoms with Gasteiger partial charge in [0.05, 0.1) is 11.9 Å². The highest BCUT2D eigenvalue weighted by molar-refractivity contribution is 5.42. The van der Waals surface area contributed by atoms with Gasteiger partial charge in [-0.15, -0.1) is 0 Å². The molecule has 15 heavy (non-hydrogen) atoms. The van der Waals surface area contributed by atoms with Crippen molar-refractivity contribution in [3.8, 4) is 0 Å². The average molecular weight is 208 g/mol. The Morgan fingerprint density at radius 2 is 2.33 bits per heavy atom. The molecule has 0 spiro atoms. The van der Waals surface area contributed by atoms with Crippen LogP contribution in [0.15, 0.2) is 12.4 Å². The third-order valence-electron chi connectivity index (χ3n) is 2.78. The molecule has 1 aromatic rings. The zero-order valence-electron chi connectivity index (χ0n) is 9.45. The molecule has 0 bridgehead atoms. The van der Waals surface area contributed by atoms with Crippen molar-refractivity contribution in [2.45, 2.75) is 26.3 Å². The van der Waals surface area contributed by atoms with Crippen LogP contribution in [0.4, 0.5) is 5.69 Å². The number of hydrogen-bond donors (Lipinski definition) is 1. The third-order valence-corrected chi connectivity index (χ3v) is 2.78. The Bertz CT molecular complexity index is 287. The maximum absolute atomic E-state index is 4.37. The van der Waals surface area contributed by atoms with Crippen molar-refractivity contribution in [3.05, 3.63) is 12.4 Å². The first kappa shape index (κ1) is 10.5. The SMILES string of the molecule is CCCn1cc(N2CCCNCC2)cn1. The Balaban J connectivity index is 2.00. The number of anilines is 1. The summed E-state index contributed by atoms with van der Waals surface area (Å²) in [6.45, 7) is 7.66. The van der Waals surface area contributed by atoms with Crippen LogP contribution in [0.3, 0.4) is 0 Å². The molecule has 1 N–H and O–H groups in total. The van der Waals surface area contributed by atoms with Crippen LogP contribution >= 0.6 is 0 Å². The average Bonchev–Trinajstić information content (AvgIpc) is 2.53. The van der Waals surface area contributed by atoms with Gasteiger partial charge in [0.25, 0.3) is 0 Å². The number of nitrogens with zero attached hydrogens (tertiary/aromatic N) is 3. The van der Waals surface area contributed by atoms with Gasteiger partial charge in [-0.25, -0.2) is 0 Å². The topological polar surface area (TPSA) is 33.1 Å². The first-order valence-corrected chi connectivity index (χ1v) is 5.88. The van der Waals surface area contributed by atoms with Crippen LogP contribution in [0.1, 0.15) is 19.8 Å². The highest BCUT2D eigenvalue weighted by Crippen LogP contribution is 2.13. The third kappa shape index (κ3) is 2.72. The van der Waals surface area contributed by atoms with E-state index in [1.165, 1.54) is 12.1 Å². The van der Waals surface area contributed by atoms with Crippen molar-refractivity contribution in [2.24, 2.45) is 0 Å². The van der Waals surface area contributed by atoms with Gasteiger partial charge in [-0.2, -0.15) is 5.10 Å². The summed E-state index contributed by atoms with van der Waals surface area (Å²) < 4.78 is 2.04. The van der Waals surface area contributed by atoms with E-state index in [1.54, 1.807) is 0 Å². The molecule has 0 aromatic carbocycles. The highest BCUT2D eigenvalue weighted by atomic mass is 15.3. The molecule has 0 unspecified atom stereocenters. The zero-order chi connectivity index (χ0) is 10.5. The van der Waals surface area contributed by atoms with Gasteiger partial charge in [-0.3, -0.25) is 4.68 Å². The van der Waals surface area contributed by atoms with Crippen molar-refractivity contribution >= 4 is 5.69 Å². The van der Waals surface area contributed by atoms with E-state index in [-0.39, 0.29) is 0 Å². The molecule has 4 heteroatoms. The van der Waals surface area contributed by atoms with Gasteiger partial charge in [-0.1, -0.05) is 6.92 Å². The predicted molar refractivity (Wildman–Crippen MR) is 62.2 cm³/mol. The molecule has 84 valence electrons. The fraction of sp³-hybridized carbons (Fsp3) is 0.727. The lowest BCUT2D eigenvalue weighted by Gasteiger charge is -2.19. The summed E-state index contributed by atoms with van der Waals surface area (Å²) in [5.74, 6) is 0. The summed E-state index contributed by atoms with van der Waals surface area (Å²) in [6.07, 6.45) is 6.51. The Labute approximate surface area is 91.3 Å². The fourth-order valence-electron chi connectivity index (χ4n) is 1.97. The molecule has 1 saturated heterocycles. The molecule has 0 atom stereocenters. The largest absolute Gasteiger partial charge is 0.368 e. The van der Waals surface area contributed by atoms with Crippen LogP contribution in [0.2, 0.25) is 0 Å². The van der Waals surface area contributed by atoms with Crippen LogP contribution < -0.4 is 10.2 Å². The van der Waals surface area contributed by atoms with Gasteiger partial charge in [0.15, 0.2) is 0 Å². The lowest BCUT2D eigenvalue weighted by Crippen LogP contribution is -2.27. The Morgan fingerprint density at radius 1 is 1.40 bits per heavy atom. The van der Waals surface area contributed by atoms with Gasteiger partial charge in [0.2, 0.25) is 0 Å². The summed E-state index contributed by atoms with van der Waals surface area (Å²) in [7, 11) is 0. The molecule has 2 rings (SSSR count). The molecule has 1 aliphatic heterocycles. The lowest BCUT2D eigenvalue weighted by molar-refractivity contribution is 0.602. The van der Waals surface area contributed by atoms with Crippen LogP contribution in [0, 0.1) is 0 Å². The minimum Gasteiger partial charge on any atom is -0.368 e. The van der Waals surface area contributed by atoms with Crippen LogP contribution in [-0.2, 0) is 6.54 Å². The maximum Gasteiger partial charge on any atom is 0.0752 e. The van der Waals surface area contributed by atoms with Crippen molar-refractivity contribution < 1.29 is 0 Å². The van der Waals surface area contributed by atoms with Gasteiger partial charge < -0.3 is 10.2 Å². The number of aromatic nitrogens is 2. The minimum absolute atomic E-state index is 1.02. The summed E-state index contributed by atoms with van der Waals surface area (Å²) >= 11 is 0. The van der Waals surface area contributed by atoms with Crippen LogP contribution in [0.25, 0.3) is 0 Å². The van der Waals surface area contributed by atoms with Crippen molar-refractivity contribution in [2.75, 3.05) is 31.1 Å². The van der Waals surface area contributed by atoms with Crippen LogP contribution in [-0.4, -0.2) is 36.0 Å². The van der Waals surface area contributed by atoms with E-state index in [0.29, 0.717) is 0 Å². The standard InChI is InChI=1S/C11H20N4/c1-2-6-15-10-11(9-13-15)14-7-3-4-12-5-8-14/h9-10,12H,2-8H2,1H3. The number of aryl methyl sites for hydroxylation is 1. The summed E-state index contributed by atoms with van der Waals surface area (Å²) in [5.41, 5.74) is 1.27. The molecular weight excluding hydrogens is 188 g/mol. The van der Waals surface area contributed by atoms with Gasteiger partial charge in [0, 0.05) is 32.4 Å². The van der Waals surface area contributed by atoms with Gasteiger partial charge in [-0.05, 0) is 19.4 Å². The lowest BCUT2D eigenvalue weighted by atomic mass is 10.3. The molecular formula is C11H20N4. The van der Waals surface area contributed by atoms with E-state index in [9.17, 15) is 0 Å². The first-order valence-electron chi connectivity index (χ1n) is 5.88. The number of hydrogen-bond acceptors (Lipinski definition) is 3. The second kappa shape index (κ2) is 5.16. The maximum atomic E-state index is 4.37. The highest BCUT2D eigenvalue weighted by Gasteiger charge is 2.10. The molecule has 2 heterocycles. The van der Waals surface area contributed by atoms with E-state index in [2.05, 4.69) is 28.4 Å². The van der Waals surface area contributed by atoms with E-state index in [1.807, 2.05) is 10.9 Å². The zero-order valence-corrected chi connectivity index (χ0v) is 9.45. The molecule has 0 radical (unpaired) electrons. The monoisotopic (exact) mass is 208 g/mol. The molecule has 0 amide bonds. The van der Waals surface area contributed by atoms with Crippen molar-refractivity contribution in [3.63, 3.8) is 0 Å². The van der Waals surface area contributed by atoms with E-state index >= 15 is 0 Å². The second-order valence-corrected chi connectivity index (χ2v) is 4.05. The van der Waals surface area contributed by atoms with Gasteiger partial charge in [0.1, 0.15) is 0 Å². The Morgan fingerprint density at radius 3 is 3.20 bits per heavy atom. The van der Waals surface area contributed by atoms with E-state index in [4.69, 9.17) is 0 Å². The van der Waals surface area contributed by atoms with Crippen molar-refractivity contribution in [1.82, 2.24) is 15.1 Å². The Kier molecular flexibility index (Phi) is 3.61. The molecule has 1 fully saturated rings. The van der Waals surface area contributed by atoms with E-state index < -0.39 is 0 Å².